The molecule has 0 bridgehead atoms. The van der Waals surface area contributed by atoms with Gasteiger partial charge in [-0.05, 0) is 71.8 Å². The molecule has 0 aliphatic rings. The van der Waals surface area contributed by atoms with Gasteiger partial charge in [0.2, 0.25) is 0 Å². The summed E-state index contributed by atoms with van der Waals surface area (Å²) in [5.41, 5.74) is 3.66. The van der Waals surface area contributed by atoms with E-state index < -0.39 is 11.2 Å². The second kappa shape index (κ2) is 12.9. The number of hydrogen-bond donors (Lipinski definition) is 0. The fourth-order valence-electron chi connectivity index (χ4n) is 3.80. The number of methoxy groups -OCH3 is 4. The molecule has 0 N–H and O–H groups in total. The Morgan fingerprint density at radius 2 is 0.816 bits per heavy atom. The lowest BCUT2D eigenvalue weighted by atomic mass is 10.1. The van der Waals surface area contributed by atoms with E-state index in [9.17, 15) is 4.55 Å². The normalized spacial score (nSPS) is 12.0. The lowest BCUT2D eigenvalue weighted by Crippen LogP contribution is -2.07. The molecule has 6 heteroatoms. The fraction of sp³-hybridized carbons (Fsp3) is 0.125. The Balaban J connectivity index is 1.71. The summed E-state index contributed by atoms with van der Waals surface area (Å²) in [6.07, 6.45) is 7.89. The molecule has 4 aromatic rings. The fourth-order valence-corrected chi connectivity index (χ4v) is 5.18. The molecule has 38 heavy (non-hydrogen) atoms. The Kier molecular flexibility index (Phi) is 9.14. The van der Waals surface area contributed by atoms with Crippen molar-refractivity contribution >= 4 is 35.5 Å². The van der Waals surface area contributed by atoms with Crippen LogP contribution in [0.5, 0.6) is 23.0 Å². The largest absolute Gasteiger partial charge is 0.606 e. The third kappa shape index (κ3) is 6.59. The van der Waals surface area contributed by atoms with Crippen LogP contribution in [0.3, 0.4) is 0 Å². The summed E-state index contributed by atoms with van der Waals surface area (Å²) < 4.78 is 35.5. The summed E-state index contributed by atoms with van der Waals surface area (Å²) in [6.45, 7) is 0. The van der Waals surface area contributed by atoms with Gasteiger partial charge in [-0.15, -0.1) is 0 Å². The Bertz CT molecular complexity index is 1300. The predicted molar refractivity (Wildman–Crippen MR) is 155 cm³/mol. The van der Waals surface area contributed by atoms with Crippen LogP contribution >= 0.6 is 0 Å². The van der Waals surface area contributed by atoms with Crippen molar-refractivity contribution in [2.24, 2.45) is 0 Å². The van der Waals surface area contributed by atoms with E-state index >= 15 is 0 Å². The van der Waals surface area contributed by atoms with Gasteiger partial charge in [-0.2, -0.15) is 0 Å². The van der Waals surface area contributed by atoms with E-state index in [0.29, 0.717) is 21.3 Å². The van der Waals surface area contributed by atoms with E-state index in [4.69, 9.17) is 18.9 Å². The van der Waals surface area contributed by atoms with Gasteiger partial charge in [-0.25, -0.2) is 0 Å². The number of ether oxygens (including phenoxy) is 4. The van der Waals surface area contributed by atoms with E-state index in [1.807, 2.05) is 109 Å². The molecule has 0 saturated heterocycles. The van der Waals surface area contributed by atoms with Crippen LogP contribution < -0.4 is 18.9 Å². The highest BCUT2D eigenvalue weighted by Gasteiger charge is 2.23. The van der Waals surface area contributed by atoms with Gasteiger partial charge in [0.05, 0.1) is 28.4 Å². The summed E-state index contributed by atoms with van der Waals surface area (Å²) in [7, 11) is 6.48. The first kappa shape index (κ1) is 26.9. The average molecular weight is 527 g/mol. The highest BCUT2D eigenvalue weighted by atomic mass is 32.2. The van der Waals surface area contributed by atoms with Crippen LogP contribution in [0, 0.1) is 0 Å². The van der Waals surface area contributed by atoms with Crippen molar-refractivity contribution in [3.8, 4) is 23.0 Å². The standard InChI is InChI=1S/C32H30O5S/c1-34-27-15-7-23(8-16-27)5-11-25-13-19-29(36-3)21-31(25)38(33)32-22-30(37-4)20-14-26(32)12-6-24-9-17-28(35-2)18-10-24/h5-22H,1-4H3. The van der Waals surface area contributed by atoms with Crippen LogP contribution in [0.2, 0.25) is 0 Å². The molecule has 0 aromatic heterocycles. The second-order valence-corrected chi connectivity index (χ2v) is 9.71. The number of hydrogen-bond acceptors (Lipinski definition) is 5. The van der Waals surface area contributed by atoms with Crippen LogP contribution in [-0.4, -0.2) is 33.0 Å². The summed E-state index contributed by atoms with van der Waals surface area (Å²) in [6, 6.07) is 26.7. The quantitative estimate of drug-likeness (QED) is 0.161. The van der Waals surface area contributed by atoms with Gasteiger partial charge in [0.15, 0.2) is 9.79 Å². The molecule has 194 valence electrons. The van der Waals surface area contributed by atoms with Crippen LogP contribution in [0.15, 0.2) is 94.7 Å². The summed E-state index contributed by atoms with van der Waals surface area (Å²) in [5.74, 6) is 2.85. The monoisotopic (exact) mass is 526 g/mol. The maximum atomic E-state index is 14.1. The Morgan fingerprint density at radius 1 is 0.474 bits per heavy atom. The molecule has 0 aliphatic carbocycles. The maximum Gasteiger partial charge on any atom is 0.169 e. The van der Waals surface area contributed by atoms with E-state index in [-0.39, 0.29) is 0 Å². The van der Waals surface area contributed by atoms with E-state index in [2.05, 4.69) is 0 Å². The van der Waals surface area contributed by atoms with E-state index in [0.717, 1.165) is 33.8 Å². The average Bonchev–Trinajstić information content (AvgIpc) is 2.99. The van der Waals surface area contributed by atoms with E-state index in [1.165, 1.54) is 0 Å². The van der Waals surface area contributed by atoms with Crippen LogP contribution in [0.4, 0.5) is 0 Å². The summed E-state index contributed by atoms with van der Waals surface area (Å²) in [5, 5.41) is 0. The minimum atomic E-state index is -1.52. The third-order valence-electron chi connectivity index (χ3n) is 5.98. The van der Waals surface area contributed by atoms with Gasteiger partial charge in [-0.1, -0.05) is 36.4 Å². The predicted octanol–water partition coefficient (Wildman–Crippen LogP) is 7.23. The second-order valence-electron chi connectivity index (χ2n) is 8.29. The molecule has 4 aromatic carbocycles. The highest BCUT2D eigenvalue weighted by Crippen LogP contribution is 2.34. The van der Waals surface area contributed by atoms with Gasteiger partial charge in [0.1, 0.15) is 23.0 Å². The van der Waals surface area contributed by atoms with Crippen LogP contribution in [0.25, 0.3) is 24.3 Å². The van der Waals surface area contributed by atoms with Gasteiger partial charge in [0.25, 0.3) is 0 Å². The smallest absolute Gasteiger partial charge is 0.169 e. The van der Waals surface area contributed by atoms with Crippen molar-refractivity contribution in [1.82, 2.24) is 0 Å². The first-order valence-electron chi connectivity index (χ1n) is 12.0. The number of benzene rings is 4. The zero-order valence-corrected chi connectivity index (χ0v) is 22.7. The van der Waals surface area contributed by atoms with Crippen molar-refractivity contribution in [2.45, 2.75) is 9.79 Å². The summed E-state index contributed by atoms with van der Waals surface area (Å²) in [4.78, 5) is 1.28. The molecule has 5 nitrogen and oxygen atoms in total. The first-order valence-corrected chi connectivity index (χ1v) is 13.1. The van der Waals surface area contributed by atoms with Crippen molar-refractivity contribution in [3.63, 3.8) is 0 Å². The topological polar surface area (TPSA) is 60.0 Å². The van der Waals surface area contributed by atoms with E-state index in [1.54, 1.807) is 28.4 Å². The molecular weight excluding hydrogens is 496 g/mol. The Morgan fingerprint density at radius 3 is 1.16 bits per heavy atom. The summed E-state index contributed by atoms with van der Waals surface area (Å²) >= 11 is -1.52. The first-order chi connectivity index (χ1) is 18.5. The molecule has 4 rings (SSSR count). The Labute approximate surface area is 227 Å². The van der Waals surface area contributed by atoms with Crippen LogP contribution in [-0.2, 0) is 11.2 Å². The zero-order chi connectivity index (χ0) is 26.9. The SMILES string of the molecule is COc1ccc(C=Cc2ccc(OC)cc2[S+]([O-])c2cc(OC)ccc2C=Cc2ccc(OC)cc2)cc1. The molecule has 0 atom stereocenters. The van der Waals surface area contributed by atoms with Gasteiger partial charge in [0, 0.05) is 34.4 Å². The molecule has 0 unspecified atom stereocenters. The van der Waals surface area contributed by atoms with Crippen LogP contribution in [0.1, 0.15) is 22.3 Å². The maximum absolute atomic E-state index is 14.1. The lowest BCUT2D eigenvalue weighted by molar-refractivity contribution is 0.413. The van der Waals surface area contributed by atoms with Gasteiger partial charge in [-0.3, -0.25) is 0 Å². The molecule has 0 radical (unpaired) electrons. The highest BCUT2D eigenvalue weighted by molar-refractivity contribution is 7.91. The van der Waals surface area contributed by atoms with Gasteiger partial charge < -0.3 is 23.5 Å². The zero-order valence-electron chi connectivity index (χ0n) is 21.8. The molecule has 0 fully saturated rings. The molecule has 0 amide bonds. The molecule has 0 spiro atoms. The molecule has 0 aliphatic heterocycles. The lowest BCUT2D eigenvalue weighted by Gasteiger charge is -2.16. The van der Waals surface area contributed by atoms with Crippen molar-refractivity contribution < 1.29 is 23.5 Å². The molecule has 0 heterocycles. The van der Waals surface area contributed by atoms with Gasteiger partial charge >= 0.3 is 0 Å². The molecular formula is C32H30O5S. The minimum Gasteiger partial charge on any atom is -0.606 e. The van der Waals surface area contributed by atoms with Crippen molar-refractivity contribution in [3.05, 3.63) is 107 Å². The Hall–Kier alpha value is -4.13. The third-order valence-corrected chi connectivity index (χ3v) is 7.49. The minimum absolute atomic E-state index is 0.633. The van der Waals surface area contributed by atoms with Crippen molar-refractivity contribution in [1.29, 1.82) is 0 Å². The molecule has 0 saturated carbocycles. The van der Waals surface area contributed by atoms with Crippen molar-refractivity contribution in [2.75, 3.05) is 28.4 Å². The number of rotatable bonds is 10.